The molecule has 1 unspecified atom stereocenters. The highest BCUT2D eigenvalue weighted by molar-refractivity contribution is 7.89. The summed E-state index contributed by atoms with van der Waals surface area (Å²) in [6.07, 6.45) is 1.02. The summed E-state index contributed by atoms with van der Waals surface area (Å²) in [6, 6.07) is 13.2. The molecule has 2 N–H and O–H groups in total. The molecule has 2 aromatic carbocycles. The van der Waals surface area contributed by atoms with Gasteiger partial charge in [0.1, 0.15) is 6.04 Å². The topological polar surface area (TPSA) is 119 Å². The first-order chi connectivity index (χ1) is 14.7. The number of benzene rings is 2. The summed E-state index contributed by atoms with van der Waals surface area (Å²) >= 11 is 0. The molecule has 0 amide bonds. The lowest BCUT2D eigenvalue weighted by molar-refractivity contribution is -0.145. The van der Waals surface area contributed by atoms with Gasteiger partial charge in [0.2, 0.25) is 20.0 Å². The Bertz CT molecular complexity index is 1050. The summed E-state index contributed by atoms with van der Waals surface area (Å²) in [6.45, 7) is 3.80. The molecule has 0 bridgehead atoms. The number of rotatable bonds is 12. The van der Waals surface area contributed by atoms with Crippen molar-refractivity contribution < 1.29 is 26.4 Å². The Hall–Kier alpha value is -2.27. The summed E-state index contributed by atoms with van der Waals surface area (Å²) in [4.78, 5) is 12.5. The molecule has 8 nitrogen and oxygen atoms in total. The standard InChI is InChI=1S/C21H28N2O6S2/c1-3-29-21(24)20(23-31(27,28)18-9-5-4-6-10-18)11-7-8-16-22-30(25,26)19-14-12-17(2)13-15-19/h4-6,9-10,12-15,20,22-23H,3,7-8,11,16H2,1-2H3. The molecule has 1 atom stereocenters. The number of unbranched alkanes of at least 4 members (excludes halogenated alkanes) is 1. The zero-order chi connectivity index (χ0) is 22.9. The first-order valence-corrected chi connectivity index (χ1v) is 12.9. The molecule has 170 valence electrons. The molecule has 10 heteroatoms. The smallest absolute Gasteiger partial charge is 0.324 e. The first kappa shape index (κ1) is 25.0. The zero-order valence-corrected chi connectivity index (χ0v) is 19.2. The number of ether oxygens (including phenoxy) is 1. The van der Waals surface area contributed by atoms with E-state index in [1.54, 1.807) is 37.3 Å². The van der Waals surface area contributed by atoms with Crippen LogP contribution in [-0.4, -0.2) is 42.0 Å². The Morgan fingerprint density at radius 2 is 1.52 bits per heavy atom. The van der Waals surface area contributed by atoms with Gasteiger partial charge in [-0.25, -0.2) is 21.6 Å². The van der Waals surface area contributed by atoms with Crippen LogP contribution in [0.3, 0.4) is 0 Å². The van der Waals surface area contributed by atoms with Crippen LogP contribution in [0.2, 0.25) is 0 Å². The van der Waals surface area contributed by atoms with Gasteiger partial charge in [-0.2, -0.15) is 4.72 Å². The molecule has 0 aliphatic heterocycles. The van der Waals surface area contributed by atoms with E-state index in [-0.39, 0.29) is 29.4 Å². The molecule has 0 saturated carbocycles. The molecule has 0 radical (unpaired) electrons. The fourth-order valence-electron chi connectivity index (χ4n) is 2.80. The van der Waals surface area contributed by atoms with Crippen molar-refractivity contribution in [3.8, 4) is 0 Å². The van der Waals surface area contributed by atoms with Crippen molar-refractivity contribution >= 4 is 26.0 Å². The number of hydrogen-bond donors (Lipinski definition) is 2. The number of hydrogen-bond acceptors (Lipinski definition) is 6. The highest BCUT2D eigenvalue weighted by Gasteiger charge is 2.26. The van der Waals surface area contributed by atoms with E-state index in [2.05, 4.69) is 9.44 Å². The van der Waals surface area contributed by atoms with Gasteiger partial charge < -0.3 is 4.74 Å². The fourth-order valence-corrected chi connectivity index (χ4v) is 5.12. The van der Waals surface area contributed by atoms with Gasteiger partial charge in [0.05, 0.1) is 16.4 Å². The van der Waals surface area contributed by atoms with E-state index in [1.165, 1.54) is 24.3 Å². The summed E-state index contributed by atoms with van der Waals surface area (Å²) < 4.78 is 59.6. The lowest BCUT2D eigenvalue weighted by Gasteiger charge is -2.17. The quantitative estimate of drug-likeness (QED) is 0.365. The second-order valence-electron chi connectivity index (χ2n) is 6.95. The minimum atomic E-state index is -3.89. The van der Waals surface area contributed by atoms with Gasteiger partial charge in [0.15, 0.2) is 0 Å². The summed E-state index contributed by atoms with van der Waals surface area (Å²) in [5, 5.41) is 0. The molecule has 0 heterocycles. The van der Waals surface area contributed by atoms with E-state index in [0.29, 0.717) is 12.8 Å². The number of sulfonamides is 2. The van der Waals surface area contributed by atoms with Gasteiger partial charge in [-0.05, 0) is 57.4 Å². The maximum Gasteiger partial charge on any atom is 0.324 e. The van der Waals surface area contributed by atoms with Crippen molar-refractivity contribution in [2.75, 3.05) is 13.2 Å². The van der Waals surface area contributed by atoms with Crippen molar-refractivity contribution in [3.05, 3.63) is 60.2 Å². The molecule has 0 aliphatic rings. The number of carbonyl (C=O) groups excluding carboxylic acids is 1. The maximum atomic E-state index is 12.5. The Labute approximate surface area is 184 Å². The molecule has 0 saturated heterocycles. The molecule has 0 aliphatic carbocycles. The summed E-state index contributed by atoms with van der Waals surface area (Å²) in [5.74, 6) is -0.665. The molecule has 2 rings (SSSR count). The van der Waals surface area contributed by atoms with E-state index in [9.17, 15) is 21.6 Å². The molecule has 0 spiro atoms. The first-order valence-electron chi connectivity index (χ1n) is 9.96. The lowest BCUT2D eigenvalue weighted by atomic mass is 10.1. The molecule has 0 fully saturated rings. The van der Waals surface area contributed by atoms with E-state index in [1.807, 2.05) is 6.92 Å². The van der Waals surface area contributed by atoms with Crippen LogP contribution in [0.15, 0.2) is 64.4 Å². The average molecular weight is 469 g/mol. The second-order valence-corrected chi connectivity index (χ2v) is 10.4. The van der Waals surface area contributed by atoms with E-state index >= 15 is 0 Å². The third-order valence-corrected chi connectivity index (χ3v) is 7.43. The number of aryl methyl sites for hydroxylation is 1. The largest absolute Gasteiger partial charge is 0.465 e. The number of nitrogens with one attached hydrogen (secondary N) is 2. The second kappa shape index (κ2) is 11.4. The third-order valence-electron chi connectivity index (χ3n) is 4.46. The average Bonchev–Trinajstić information content (AvgIpc) is 2.73. The SMILES string of the molecule is CCOC(=O)C(CCCCNS(=O)(=O)c1ccc(C)cc1)NS(=O)(=O)c1ccccc1. The Kier molecular flexibility index (Phi) is 9.17. The van der Waals surface area contributed by atoms with Gasteiger partial charge in [0, 0.05) is 6.54 Å². The Balaban J connectivity index is 1.92. The lowest BCUT2D eigenvalue weighted by Crippen LogP contribution is -2.41. The van der Waals surface area contributed by atoms with Crippen LogP contribution < -0.4 is 9.44 Å². The maximum absolute atomic E-state index is 12.5. The monoisotopic (exact) mass is 468 g/mol. The highest BCUT2D eigenvalue weighted by atomic mass is 32.2. The predicted molar refractivity (Wildman–Crippen MR) is 117 cm³/mol. The molecule has 0 aromatic heterocycles. The predicted octanol–water partition coefficient (Wildman–Crippen LogP) is 2.35. The van der Waals surface area contributed by atoms with E-state index in [4.69, 9.17) is 4.74 Å². The summed E-state index contributed by atoms with van der Waals surface area (Å²) in [5.41, 5.74) is 0.960. The van der Waals surface area contributed by atoms with E-state index in [0.717, 1.165) is 5.56 Å². The molecule has 31 heavy (non-hydrogen) atoms. The van der Waals surface area contributed by atoms with Gasteiger partial charge in [-0.15, -0.1) is 0 Å². The van der Waals surface area contributed by atoms with Crippen molar-refractivity contribution in [1.29, 1.82) is 0 Å². The number of esters is 1. The van der Waals surface area contributed by atoms with Gasteiger partial charge in [0.25, 0.3) is 0 Å². The van der Waals surface area contributed by atoms with Crippen LogP contribution in [0.1, 0.15) is 31.7 Å². The Morgan fingerprint density at radius 1 is 0.903 bits per heavy atom. The minimum Gasteiger partial charge on any atom is -0.465 e. The van der Waals surface area contributed by atoms with Gasteiger partial charge in [-0.1, -0.05) is 35.9 Å². The van der Waals surface area contributed by atoms with Crippen molar-refractivity contribution in [2.24, 2.45) is 0 Å². The van der Waals surface area contributed by atoms with Crippen LogP contribution >= 0.6 is 0 Å². The number of carbonyl (C=O) groups is 1. The zero-order valence-electron chi connectivity index (χ0n) is 17.6. The summed E-state index contributed by atoms with van der Waals surface area (Å²) in [7, 11) is -7.51. The Morgan fingerprint density at radius 3 is 2.13 bits per heavy atom. The minimum absolute atomic E-state index is 0.0511. The van der Waals surface area contributed by atoms with Crippen molar-refractivity contribution in [1.82, 2.24) is 9.44 Å². The van der Waals surface area contributed by atoms with Gasteiger partial charge in [-0.3, -0.25) is 4.79 Å². The normalized spacial score (nSPS) is 13.0. The molecular weight excluding hydrogens is 440 g/mol. The van der Waals surface area contributed by atoms with Crippen LogP contribution in [-0.2, 0) is 29.6 Å². The van der Waals surface area contributed by atoms with Crippen LogP contribution in [0.5, 0.6) is 0 Å². The van der Waals surface area contributed by atoms with Crippen LogP contribution in [0, 0.1) is 6.92 Å². The van der Waals surface area contributed by atoms with Crippen molar-refractivity contribution in [2.45, 2.75) is 48.9 Å². The molecular formula is C21H28N2O6S2. The van der Waals surface area contributed by atoms with E-state index < -0.39 is 32.1 Å². The highest BCUT2D eigenvalue weighted by Crippen LogP contribution is 2.13. The fraction of sp³-hybridized carbons (Fsp3) is 0.381. The van der Waals surface area contributed by atoms with Gasteiger partial charge >= 0.3 is 5.97 Å². The van der Waals surface area contributed by atoms with Crippen LogP contribution in [0.4, 0.5) is 0 Å². The van der Waals surface area contributed by atoms with Crippen molar-refractivity contribution in [3.63, 3.8) is 0 Å². The van der Waals surface area contributed by atoms with Crippen LogP contribution in [0.25, 0.3) is 0 Å². The molecule has 2 aromatic rings. The third kappa shape index (κ3) is 7.73.